The standard InChI is InChI=1S/C20H23N5/c1-2-25-12-6-8-16(25)14-22-20-17-9-3-4-10-18(17)23-19(24-20)15-7-5-11-21-13-15/h3-5,7,9-11,13,16H,2,6,8,12,14H2,1H3,(H,22,23,24). The third-order valence-electron chi connectivity index (χ3n) is 4.93. The number of anilines is 1. The summed E-state index contributed by atoms with van der Waals surface area (Å²) in [6.45, 7) is 5.46. The van der Waals surface area contributed by atoms with Gasteiger partial charge in [-0.1, -0.05) is 19.1 Å². The number of likely N-dealkylation sites (tertiary alicyclic amines) is 1. The molecule has 1 fully saturated rings. The van der Waals surface area contributed by atoms with E-state index in [0.29, 0.717) is 11.9 Å². The van der Waals surface area contributed by atoms with Gasteiger partial charge in [-0.25, -0.2) is 9.97 Å². The molecule has 1 unspecified atom stereocenters. The molecule has 3 aromatic rings. The van der Waals surface area contributed by atoms with Gasteiger partial charge in [0, 0.05) is 35.9 Å². The second-order valence-electron chi connectivity index (χ2n) is 6.46. The number of likely N-dealkylation sites (N-methyl/N-ethyl adjacent to an activating group) is 1. The second kappa shape index (κ2) is 7.15. The van der Waals surface area contributed by atoms with Crippen LogP contribution in [0.5, 0.6) is 0 Å². The predicted molar refractivity (Wildman–Crippen MR) is 102 cm³/mol. The first-order valence-corrected chi connectivity index (χ1v) is 9.00. The van der Waals surface area contributed by atoms with E-state index in [1.165, 1.54) is 19.4 Å². The Morgan fingerprint density at radius 1 is 1.16 bits per heavy atom. The minimum Gasteiger partial charge on any atom is -0.368 e. The van der Waals surface area contributed by atoms with E-state index in [0.717, 1.165) is 35.4 Å². The summed E-state index contributed by atoms with van der Waals surface area (Å²) in [7, 11) is 0. The fourth-order valence-corrected chi connectivity index (χ4v) is 3.59. The summed E-state index contributed by atoms with van der Waals surface area (Å²) >= 11 is 0. The second-order valence-corrected chi connectivity index (χ2v) is 6.46. The fourth-order valence-electron chi connectivity index (χ4n) is 3.59. The lowest BCUT2D eigenvalue weighted by Crippen LogP contribution is -2.34. The molecule has 25 heavy (non-hydrogen) atoms. The van der Waals surface area contributed by atoms with Gasteiger partial charge in [-0.3, -0.25) is 9.88 Å². The maximum absolute atomic E-state index is 4.80. The zero-order valence-corrected chi connectivity index (χ0v) is 14.5. The summed E-state index contributed by atoms with van der Waals surface area (Å²) in [4.78, 5) is 16.3. The highest BCUT2D eigenvalue weighted by molar-refractivity contribution is 5.90. The van der Waals surface area contributed by atoms with E-state index in [9.17, 15) is 0 Å². The molecule has 1 aromatic carbocycles. The molecule has 0 bridgehead atoms. The number of hydrogen-bond acceptors (Lipinski definition) is 5. The Labute approximate surface area is 148 Å². The summed E-state index contributed by atoms with van der Waals surface area (Å²) in [6.07, 6.45) is 6.11. The van der Waals surface area contributed by atoms with Crippen LogP contribution in [-0.2, 0) is 0 Å². The minimum absolute atomic E-state index is 0.584. The van der Waals surface area contributed by atoms with Crippen LogP contribution in [0.3, 0.4) is 0 Å². The van der Waals surface area contributed by atoms with Crippen molar-refractivity contribution < 1.29 is 0 Å². The highest BCUT2D eigenvalue weighted by Gasteiger charge is 2.23. The molecule has 0 saturated carbocycles. The van der Waals surface area contributed by atoms with E-state index in [2.05, 4.69) is 28.2 Å². The zero-order chi connectivity index (χ0) is 17.1. The van der Waals surface area contributed by atoms with E-state index in [-0.39, 0.29) is 0 Å². The SMILES string of the molecule is CCN1CCCC1CNc1nc(-c2cccnc2)nc2ccccc12. The normalized spacial score (nSPS) is 17.9. The Kier molecular flexibility index (Phi) is 4.57. The van der Waals surface area contributed by atoms with Crippen LogP contribution in [0.4, 0.5) is 5.82 Å². The largest absolute Gasteiger partial charge is 0.368 e. The first-order chi connectivity index (χ1) is 12.3. The predicted octanol–water partition coefficient (Wildman–Crippen LogP) is 3.59. The first kappa shape index (κ1) is 16.0. The number of aromatic nitrogens is 3. The van der Waals surface area contributed by atoms with Crippen LogP contribution < -0.4 is 5.32 Å². The summed E-state index contributed by atoms with van der Waals surface area (Å²) in [5, 5.41) is 4.66. The van der Waals surface area contributed by atoms with Crippen molar-refractivity contribution in [3.8, 4) is 11.4 Å². The average Bonchev–Trinajstić information content (AvgIpc) is 3.14. The Hall–Kier alpha value is -2.53. The van der Waals surface area contributed by atoms with Gasteiger partial charge < -0.3 is 5.32 Å². The van der Waals surface area contributed by atoms with Gasteiger partial charge in [0.05, 0.1) is 5.52 Å². The number of fused-ring (bicyclic) bond motifs is 1. The number of benzene rings is 1. The molecule has 1 atom stereocenters. The molecule has 2 aromatic heterocycles. The summed E-state index contributed by atoms with van der Waals surface area (Å²) in [5.74, 6) is 1.63. The Morgan fingerprint density at radius 3 is 2.92 bits per heavy atom. The van der Waals surface area contributed by atoms with Crippen molar-refractivity contribution in [2.75, 3.05) is 25.0 Å². The van der Waals surface area contributed by atoms with Gasteiger partial charge in [-0.15, -0.1) is 0 Å². The summed E-state index contributed by atoms with van der Waals surface area (Å²) in [6, 6.07) is 12.7. The van der Waals surface area contributed by atoms with E-state index in [1.54, 1.807) is 6.20 Å². The van der Waals surface area contributed by atoms with Crippen LogP contribution in [0.15, 0.2) is 48.8 Å². The van der Waals surface area contributed by atoms with Crippen LogP contribution in [0, 0.1) is 0 Å². The number of para-hydroxylation sites is 1. The molecule has 1 saturated heterocycles. The molecular formula is C20H23N5. The van der Waals surface area contributed by atoms with Crippen LogP contribution in [0.2, 0.25) is 0 Å². The number of rotatable bonds is 5. The summed E-state index contributed by atoms with van der Waals surface area (Å²) in [5.41, 5.74) is 1.89. The molecule has 0 aliphatic carbocycles. The minimum atomic E-state index is 0.584. The van der Waals surface area contributed by atoms with Crippen molar-refractivity contribution in [1.82, 2.24) is 19.9 Å². The van der Waals surface area contributed by atoms with Crippen LogP contribution in [-0.4, -0.2) is 45.5 Å². The zero-order valence-electron chi connectivity index (χ0n) is 14.5. The monoisotopic (exact) mass is 333 g/mol. The van der Waals surface area contributed by atoms with Gasteiger partial charge in [0.15, 0.2) is 5.82 Å². The smallest absolute Gasteiger partial charge is 0.163 e. The maximum Gasteiger partial charge on any atom is 0.163 e. The average molecular weight is 333 g/mol. The molecule has 1 N–H and O–H groups in total. The topological polar surface area (TPSA) is 53.9 Å². The van der Waals surface area contributed by atoms with Gasteiger partial charge in [0.1, 0.15) is 5.82 Å². The Bertz CT molecular complexity index is 849. The Balaban J connectivity index is 1.67. The van der Waals surface area contributed by atoms with Gasteiger partial charge >= 0.3 is 0 Å². The molecule has 0 spiro atoms. The molecule has 0 amide bonds. The Morgan fingerprint density at radius 2 is 2.08 bits per heavy atom. The van der Waals surface area contributed by atoms with E-state index in [1.807, 2.05) is 36.5 Å². The van der Waals surface area contributed by atoms with Crippen molar-refractivity contribution in [1.29, 1.82) is 0 Å². The number of nitrogens with zero attached hydrogens (tertiary/aromatic N) is 4. The molecule has 1 aliphatic heterocycles. The molecule has 128 valence electrons. The van der Waals surface area contributed by atoms with Crippen molar-refractivity contribution in [3.63, 3.8) is 0 Å². The lowest BCUT2D eigenvalue weighted by atomic mass is 10.2. The quantitative estimate of drug-likeness (QED) is 0.773. The highest BCUT2D eigenvalue weighted by Crippen LogP contribution is 2.25. The molecule has 1 aliphatic rings. The van der Waals surface area contributed by atoms with Gasteiger partial charge in [0.2, 0.25) is 0 Å². The number of hydrogen-bond donors (Lipinski definition) is 1. The van der Waals surface area contributed by atoms with Gasteiger partial charge in [0.25, 0.3) is 0 Å². The van der Waals surface area contributed by atoms with Crippen LogP contribution in [0.25, 0.3) is 22.3 Å². The summed E-state index contributed by atoms with van der Waals surface area (Å²) < 4.78 is 0. The first-order valence-electron chi connectivity index (χ1n) is 9.00. The van der Waals surface area contributed by atoms with Crippen molar-refractivity contribution in [2.24, 2.45) is 0 Å². The van der Waals surface area contributed by atoms with Crippen molar-refractivity contribution in [3.05, 3.63) is 48.8 Å². The highest BCUT2D eigenvalue weighted by atomic mass is 15.2. The van der Waals surface area contributed by atoms with E-state index < -0.39 is 0 Å². The molecule has 3 heterocycles. The molecule has 5 nitrogen and oxygen atoms in total. The third kappa shape index (κ3) is 3.33. The van der Waals surface area contributed by atoms with Gasteiger partial charge in [-0.2, -0.15) is 0 Å². The fraction of sp³-hybridized carbons (Fsp3) is 0.350. The maximum atomic E-state index is 4.80. The third-order valence-corrected chi connectivity index (χ3v) is 4.93. The van der Waals surface area contributed by atoms with Gasteiger partial charge in [-0.05, 0) is 50.2 Å². The van der Waals surface area contributed by atoms with Crippen LogP contribution >= 0.6 is 0 Å². The molecule has 4 rings (SSSR count). The van der Waals surface area contributed by atoms with Crippen LogP contribution in [0.1, 0.15) is 19.8 Å². The lowest BCUT2D eigenvalue weighted by Gasteiger charge is -2.23. The number of pyridine rings is 1. The van der Waals surface area contributed by atoms with Crippen molar-refractivity contribution in [2.45, 2.75) is 25.8 Å². The van der Waals surface area contributed by atoms with E-state index in [4.69, 9.17) is 9.97 Å². The molecule has 5 heteroatoms. The molecule has 0 radical (unpaired) electrons. The van der Waals surface area contributed by atoms with Crippen molar-refractivity contribution >= 4 is 16.7 Å². The molecular weight excluding hydrogens is 310 g/mol. The number of nitrogens with one attached hydrogen (secondary N) is 1. The van der Waals surface area contributed by atoms with E-state index >= 15 is 0 Å². The lowest BCUT2D eigenvalue weighted by molar-refractivity contribution is 0.277.